The van der Waals surface area contributed by atoms with Gasteiger partial charge in [0.15, 0.2) is 6.10 Å². The van der Waals surface area contributed by atoms with Crippen LogP contribution in [-0.2, 0) is 21.1 Å². The van der Waals surface area contributed by atoms with Crippen LogP contribution in [-0.4, -0.2) is 31.8 Å². The fraction of sp³-hybridized carbons (Fsp3) is 0.409. The first-order valence-corrected chi connectivity index (χ1v) is 10.0. The Hall–Kier alpha value is -2.25. The first-order chi connectivity index (χ1) is 14.2. The highest BCUT2D eigenvalue weighted by Gasteiger charge is 2.37. The minimum atomic E-state index is -4.57. The molecule has 2 aromatic rings. The molecule has 1 heterocycles. The van der Waals surface area contributed by atoms with Crippen molar-refractivity contribution in [2.24, 2.45) is 0 Å². The predicted molar refractivity (Wildman–Crippen MR) is 108 cm³/mol. The lowest BCUT2D eigenvalue weighted by molar-refractivity contribution is -0.140. The molecule has 0 aliphatic carbocycles. The predicted octanol–water partition coefficient (Wildman–Crippen LogP) is 4.99. The van der Waals surface area contributed by atoms with Gasteiger partial charge in [-0.05, 0) is 43.5 Å². The molecule has 0 bridgehead atoms. The van der Waals surface area contributed by atoms with Crippen LogP contribution in [0, 0.1) is 0 Å². The van der Waals surface area contributed by atoms with Gasteiger partial charge in [-0.3, -0.25) is 4.79 Å². The molecule has 4 nitrogen and oxygen atoms in total. The first kappa shape index (κ1) is 22.4. The van der Waals surface area contributed by atoms with Crippen molar-refractivity contribution in [1.29, 1.82) is 0 Å². The van der Waals surface area contributed by atoms with E-state index in [1.165, 1.54) is 25.1 Å². The Kier molecular flexibility index (Phi) is 6.93. The van der Waals surface area contributed by atoms with Crippen LogP contribution in [0.4, 0.5) is 13.2 Å². The lowest BCUT2D eigenvalue weighted by Crippen LogP contribution is -2.47. The van der Waals surface area contributed by atoms with Gasteiger partial charge in [0.1, 0.15) is 5.75 Å². The molecule has 1 saturated heterocycles. The van der Waals surface area contributed by atoms with Gasteiger partial charge >= 0.3 is 6.18 Å². The number of rotatable bonds is 6. The SMILES string of the molecule is CC(Oc1ccccc1C(F)(F)F)C(=O)NCC1(c2ccccc2Cl)CCOCC1. The Labute approximate surface area is 178 Å². The lowest BCUT2D eigenvalue weighted by Gasteiger charge is -2.38. The summed E-state index contributed by atoms with van der Waals surface area (Å²) in [6.07, 6.45) is -4.33. The van der Waals surface area contributed by atoms with Crippen LogP contribution in [0.2, 0.25) is 5.02 Å². The third kappa shape index (κ3) is 5.08. The van der Waals surface area contributed by atoms with Crippen molar-refractivity contribution in [2.75, 3.05) is 19.8 Å². The van der Waals surface area contributed by atoms with Crippen molar-refractivity contribution < 1.29 is 27.4 Å². The quantitative estimate of drug-likeness (QED) is 0.687. The number of nitrogens with one attached hydrogen (secondary N) is 1. The zero-order valence-electron chi connectivity index (χ0n) is 16.5. The Morgan fingerprint density at radius 1 is 1.17 bits per heavy atom. The van der Waals surface area contributed by atoms with Crippen molar-refractivity contribution in [3.63, 3.8) is 0 Å². The van der Waals surface area contributed by atoms with Crippen molar-refractivity contribution in [2.45, 2.75) is 37.5 Å². The summed E-state index contributed by atoms with van der Waals surface area (Å²) in [7, 11) is 0. The van der Waals surface area contributed by atoms with Crippen LogP contribution in [0.15, 0.2) is 48.5 Å². The smallest absolute Gasteiger partial charge is 0.419 e. The summed E-state index contributed by atoms with van der Waals surface area (Å²) in [5.74, 6) is -0.871. The average Bonchev–Trinajstić information content (AvgIpc) is 2.72. The molecule has 2 aromatic carbocycles. The van der Waals surface area contributed by atoms with Gasteiger partial charge in [-0.15, -0.1) is 0 Å². The highest BCUT2D eigenvalue weighted by Crippen LogP contribution is 2.38. The highest BCUT2D eigenvalue weighted by atomic mass is 35.5. The van der Waals surface area contributed by atoms with E-state index in [1.54, 1.807) is 6.07 Å². The van der Waals surface area contributed by atoms with Gasteiger partial charge in [0.2, 0.25) is 0 Å². The monoisotopic (exact) mass is 441 g/mol. The topological polar surface area (TPSA) is 47.6 Å². The van der Waals surface area contributed by atoms with Crippen LogP contribution in [0.3, 0.4) is 0 Å². The van der Waals surface area contributed by atoms with Crippen molar-refractivity contribution in [3.05, 3.63) is 64.7 Å². The van der Waals surface area contributed by atoms with Crippen molar-refractivity contribution >= 4 is 17.5 Å². The maximum absolute atomic E-state index is 13.2. The van der Waals surface area contributed by atoms with Crippen LogP contribution >= 0.6 is 11.6 Å². The fourth-order valence-electron chi connectivity index (χ4n) is 3.64. The Balaban J connectivity index is 1.71. The summed E-state index contributed by atoms with van der Waals surface area (Å²) < 4.78 is 50.3. The molecule has 0 radical (unpaired) electrons. The number of halogens is 4. The van der Waals surface area contributed by atoms with Gasteiger partial charge < -0.3 is 14.8 Å². The molecule has 1 atom stereocenters. The third-order valence-corrected chi connectivity index (χ3v) is 5.69. The summed E-state index contributed by atoms with van der Waals surface area (Å²) in [5, 5.41) is 3.45. The second kappa shape index (κ2) is 9.27. The molecule has 0 spiro atoms. The minimum absolute atomic E-state index is 0.285. The molecule has 162 valence electrons. The molecule has 30 heavy (non-hydrogen) atoms. The number of hydrogen-bond acceptors (Lipinski definition) is 3. The van der Waals surface area contributed by atoms with Crippen molar-refractivity contribution in [3.8, 4) is 5.75 Å². The second-order valence-corrected chi connectivity index (χ2v) is 7.75. The number of amides is 1. The molecule has 1 unspecified atom stereocenters. The number of carbonyl (C=O) groups is 1. The van der Waals surface area contributed by atoms with Crippen LogP contribution < -0.4 is 10.1 Å². The first-order valence-electron chi connectivity index (χ1n) is 9.66. The number of alkyl halides is 3. The number of ether oxygens (including phenoxy) is 2. The van der Waals surface area contributed by atoms with Crippen LogP contribution in [0.25, 0.3) is 0 Å². The Bertz CT molecular complexity index is 882. The molecule has 1 N–H and O–H groups in total. The Morgan fingerprint density at radius 2 is 1.80 bits per heavy atom. The van der Waals surface area contributed by atoms with E-state index < -0.39 is 29.2 Å². The van der Waals surface area contributed by atoms with E-state index in [1.807, 2.05) is 18.2 Å². The lowest BCUT2D eigenvalue weighted by atomic mass is 9.74. The van der Waals surface area contributed by atoms with E-state index in [2.05, 4.69) is 5.32 Å². The summed E-state index contributed by atoms with van der Waals surface area (Å²) in [4.78, 5) is 12.6. The maximum Gasteiger partial charge on any atom is 0.419 e. The molecule has 1 aliphatic rings. The normalized spacial score (nSPS) is 17.2. The molecule has 1 aliphatic heterocycles. The molecule has 8 heteroatoms. The summed E-state index contributed by atoms with van der Waals surface area (Å²) in [5.41, 5.74) is -0.400. The van der Waals surface area contributed by atoms with E-state index >= 15 is 0 Å². The van der Waals surface area contributed by atoms with Gasteiger partial charge in [-0.25, -0.2) is 0 Å². The van der Waals surface area contributed by atoms with Gasteiger partial charge in [0.05, 0.1) is 5.56 Å². The van der Waals surface area contributed by atoms with E-state index in [0.717, 1.165) is 11.6 Å². The van der Waals surface area contributed by atoms with E-state index in [9.17, 15) is 18.0 Å². The van der Waals surface area contributed by atoms with Gasteiger partial charge in [0, 0.05) is 30.2 Å². The Morgan fingerprint density at radius 3 is 2.47 bits per heavy atom. The van der Waals surface area contributed by atoms with Gasteiger partial charge in [-0.1, -0.05) is 41.9 Å². The molecular formula is C22H23ClF3NO3. The standard InChI is InChI=1S/C22H23ClF3NO3/c1-15(30-19-9-5-3-7-17(19)22(24,25)26)20(28)27-14-21(10-12-29-13-11-21)16-6-2-4-8-18(16)23/h2-9,15H,10-14H2,1H3,(H,27,28). The summed E-state index contributed by atoms with van der Waals surface area (Å²) >= 11 is 6.41. The van der Waals surface area contributed by atoms with Gasteiger partial charge in [0.25, 0.3) is 5.91 Å². The second-order valence-electron chi connectivity index (χ2n) is 7.34. The fourth-order valence-corrected chi connectivity index (χ4v) is 3.98. The minimum Gasteiger partial charge on any atom is -0.480 e. The molecule has 0 saturated carbocycles. The number of carbonyl (C=O) groups excluding carboxylic acids is 1. The van der Waals surface area contributed by atoms with Crippen molar-refractivity contribution in [1.82, 2.24) is 5.32 Å². The van der Waals surface area contributed by atoms with E-state index in [0.29, 0.717) is 31.1 Å². The molecule has 3 rings (SSSR count). The number of hydrogen-bond donors (Lipinski definition) is 1. The summed E-state index contributed by atoms with van der Waals surface area (Å²) in [6, 6.07) is 12.3. The maximum atomic E-state index is 13.2. The van der Waals surface area contributed by atoms with Gasteiger partial charge in [-0.2, -0.15) is 13.2 Å². The van der Waals surface area contributed by atoms with E-state index in [-0.39, 0.29) is 12.3 Å². The zero-order chi connectivity index (χ0) is 21.8. The molecule has 0 aromatic heterocycles. The zero-order valence-corrected chi connectivity index (χ0v) is 17.2. The van der Waals surface area contributed by atoms with Crippen LogP contribution in [0.1, 0.15) is 30.9 Å². The number of benzene rings is 2. The third-order valence-electron chi connectivity index (χ3n) is 5.36. The highest BCUT2D eigenvalue weighted by molar-refractivity contribution is 6.31. The van der Waals surface area contributed by atoms with E-state index in [4.69, 9.17) is 21.1 Å². The largest absolute Gasteiger partial charge is 0.480 e. The molecular weight excluding hydrogens is 419 g/mol. The molecule has 1 amide bonds. The number of para-hydroxylation sites is 1. The van der Waals surface area contributed by atoms with Crippen LogP contribution in [0.5, 0.6) is 5.75 Å². The summed E-state index contributed by atoms with van der Waals surface area (Å²) in [6.45, 7) is 2.78. The molecule has 1 fully saturated rings. The average molecular weight is 442 g/mol.